The van der Waals surface area contributed by atoms with Crippen molar-refractivity contribution < 1.29 is 18.7 Å². The number of fused-ring (bicyclic) bond motifs is 1. The first-order chi connectivity index (χ1) is 16.4. The highest BCUT2D eigenvalue weighted by Crippen LogP contribution is 2.25. The zero-order valence-corrected chi connectivity index (χ0v) is 19.4. The molecule has 3 aromatic rings. The Bertz CT molecular complexity index is 1190. The molecule has 3 heterocycles. The van der Waals surface area contributed by atoms with E-state index in [1.807, 2.05) is 0 Å². The van der Waals surface area contributed by atoms with Crippen molar-refractivity contribution in [3.63, 3.8) is 0 Å². The van der Waals surface area contributed by atoms with Crippen LogP contribution >= 0.6 is 0 Å². The Morgan fingerprint density at radius 2 is 2.06 bits per heavy atom. The van der Waals surface area contributed by atoms with Gasteiger partial charge in [0.05, 0.1) is 13.2 Å². The fraction of sp³-hybridized carbons (Fsp3) is 0.346. The van der Waals surface area contributed by atoms with Crippen molar-refractivity contribution >= 4 is 17.5 Å². The zero-order valence-electron chi connectivity index (χ0n) is 19.4. The molecular formula is C26H29FN4O3. The third-order valence-electron chi connectivity index (χ3n) is 5.98. The van der Waals surface area contributed by atoms with E-state index in [1.54, 1.807) is 18.3 Å². The van der Waals surface area contributed by atoms with Gasteiger partial charge < -0.3 is 20.4 Å². The van der Waals surface area contributed by atoms with Crippen LogP contribution < -0.4 is 15.4 Å². The summed E-state index contributed by atoms with van der Waals surface area (Å²) in [7, 11) is 1.38. The van der Waals surface area contributed by atoms with Gasteiger partial charge in [0, 0.05) is 24.9 Å². The summed E-state index contributed by atoms with van der Waals surface area (Å²) >= 11 is 0. The molecule has 1 atom stereocenters. The van der Waals surface area contributed by atoms with Gasteiger partial charge in [-0.05, 0) is 73.6 Å². The minimum absolute atomic E-state index is 0.0586. The minimum Gasteiger partial charge on any atom is -0.494 e. The second-order valence-electron chi connectivity index (χ2n) is 8.59. The highest BCUT2D eigenvalue weighted by Gasteiger charge is 2.20. The van der Waals surface area contributed by atoms with Crippen molar-refractivity contribution in [3.8, 4) is 5.75 Å². The number of hydrogen-bond acceptors (Lipinski definition) is 5. The van der Waals surface area contributed by atoms with E-state index in [-0.39, 0.29) is 23.9 Å². The van der Waals surface area contributed by atoms with Crippen LogP contribution in [0.1, 0.15) is 58.7 Å². The van der Waals surface area contributed by atoms with Crippen molar-refractivity contribution in [2.45, 2.75) is 45.1 Å². The van der Waals surface area contributed by atoms with Gasteiger partial charge >= 0.3 is 0 Å². The number of hydrogen-bond donors (Lipinski definition) is 3. The third-order valence-corrected chi connectivity index (χ3v) is 5.98. The van der Waals surface area contributed by atoms with E-state index in [1.165, 1.54) is 31.7 Å². The molecule has 0 aliphatic carbocycles. The molecule has 0 saturated carbocycles. The predicted octanol–water partition coefficient (Wildman–Crippen LogP) is 4.15. The van der Waals surface area contributed by atoms with Crippen molar-refractivity contribution in [2.75, 3.05) is 19.0 Å². The molecule has 0 radical (unpaired) electrons. The fourth-order valence-corrected chi connectivity index (χ4v) is 4.17. The van der Waals surface area contributed by atoms with Crippen LogP contribution in [0.2, 0.25) is 0 Å². The Morgan fingerprint density at radius 3 is 2.82 bits per heavy atom. The van der Waals surface area contributed by atoms with Crippen molar-refractivity contribution in [1.29, 1.82) is 0 Å². The van der Waals surface area contributed by atoms with E-state index in [2.05, 4.69) is 27.8 Å². The average Bonchev–Trinajstić information content (AvgIpc) is 3.31. The maximum Gasteiger partial charge on any atom is 0.268 e. The number of aromatic nitrogens is 2. The average molecular weight is 465 g/mol. The van der Waals surface area contributed by atoms with Crippen molar-refractivity contribution in [2.24, 2.45) is 0 Å². The highest BCUT2D eigenvalue weighted by atomic mass is 19.1. The van der Waals surface area contributed by atoms with E-state index < -0.39 is 11.9 Å². The lowest BCUT2D eigenvalue weighted by molar-refractivity contribution is -0.117. The quantitative estimate of drug-likeness (QED) is 0.442. The molecule has 1 amide bonds. The minimum atomic E-state index is -0.649. The van der Waals surface area contributed by atoms with Gasteiger partial charge in [-0.15, -0.1) is 0 Å². The number of methoxy groups -OCH3 is 1. The summed E-state index contributed by atoms with van der Waals surface area (Å²) in [6.07, 6.45) is 5.53. The molecule has 4 rings (SSSR count). The summed E-state index contributed by atoms with van der Waals surface area (Å²) in [6, 6.07) is 9.77. The molecule has 3 N–H and O–H groups in total. The molecule has 1 aliphatic heterocycles. The summed E-state index contributed by atoms with van der Waals surface area (Å²) < 4.78 is 19.1. The number of nitrogens with one attached hydrogen (secondary N) is 3. The molecule has 8 heteroatoms. The number of aromatic amines is 1. The molecule has 1 unspecified atom stereocenters. The second-order valence-corrected chi connectivity index (χ2v) is 8.59. The summed E-state index contributed by atoms with van der Waals surface area (Å²) in [4.78, 5) is 32.4. The van der Waals surface area contributed by atoms with E-state index >= 15 is 0 Å². The van der Waals surface area contributed by atoms with Crippen LogP contribution in [0.5, 0.6) is 5.75 Å². The number of carbonyl (C=O) groups excluding carboxylic acids is 2. The molecule has 1 aliphatic rings. The number of Topliss-reactive ketones (excluding diaryl/α,β-unsaturated/α-hetero) is 1. The number of H-pyrrole nitrogens is 1. The Kier molecular flexibility index (Phi) is 7.25. The molecule has 0 fully saturated rings. The number of anilines is 1. The number of ether oxygens (including phenoxy) is 1. The number of aryl methyl sites for hydroxylation is 3. The summed E-state index contributed by atoms with van der Waals surface area (Å²) in [6.45, 7) is 2.39. The topological polar surface area (TPSA) is 96.1 Å². The largest absolute Gasteiger partial charge is 0.494 e. The monoisotopic (exact) mass is 464 g/mol. The van der Waals surface area contributed by atoms with E-state index in [0.29, 0.717) is 11.3 Å². The molecule has 178 valence electrons. The predicted molar refractivity (Wildman–Crippen MR) is 128 cm³/mol. The van der Waals surface area contributed by atoms with Crippen LogP contribution in [0.15, 0.2) is 42.6 Å². The van der Waals surface area contributed by atoms with Crippen LogP contribution in [0.3, 0.4) is 0 Å². The molecule has 0 saturated heterocycles. The van der Waals surface area contributed by atoms with Crippen LogP contribution in [0, 0.1) is 5.82 Å². The first-order valence-corrected chi connectivity index (χ1v) is 11.5. The summed E-state index contributed by atoms with van der Waals surface area (Å²) in [5.41, 5.74) is 4.13. The molecule has 0 spiro atoms. The van der Waals surface area contributed by atoms with Crippen LogP contribution in [-0.4, -0.2) is 35.3 Å². The van der Waals surface area contributed by atoms with E-state index in [9.17, 15) is 14.0 Å². The number of ketones is 1. The molecule has 2 aromatic heterocycles. The molecule has 7 nitrogen and oxygen atoms in total. The molecule has 1 aromatic carbocycles. The number of nitrogens with zero attached hydrogens (tertiary/aromatic N) is 1. The van der Waals surface area contributed by atoms with Crippen LogP contribution in [0.4, 0.5) is 10.2 Å². The van der Waals surface area contributed by atoms with Gasteiger partial charge in [0.15, 0.2) is 11.6 Å². The Morgan fingerprint density at radius 1 is 1.21 bits per heavy atom. The van der Waals surface area contributed by atoms with Gasteiger partial charge in [-0.25, -0.2) is 9.37 Å². The smallest absolute Gasteiger partial charge is 0.268 e. The zero-order chi connectivity index (χ0) is 24.1. The number of pyridine rings is 1. The SMILES string of the molecule is COc1ccc(C(CC(C)=O)NC(=O)c2cc(CCc3ccc4c(n3)NCCC4)c[nH]2)cc1F. The van der Waals surface area contributed by atoms with Gasteiger partial charge in [-0.3, -0.25) is 9.59 Å². The highest BCUT2D eigenvalue weighted by molar-refractivity contribution is 5.93. The standard InChI is InChI=1S/C26H29FN4O3/c1-16(32)12-22(19-7-10-24(34-2)21(27)14-19)31-26(33)23-13-17(15-29-23)5-8-20-9-6-18-4-3-11-28-25(18)30-20/h6-7,9-10,13-15,22,29H,3-5,8,11-12H2,1-2H3,(H,28,30)(H,31,33). The molecule has 34 heavy (non-hydrogen) atoms. The van der Waals surface area contributed by atoms with Gasteiger partial charge in [-0.1, -0.05) is 12.1 Å². The number of carbonyl (C=O) groups is 2. The summed E-state index contributed by atoms with van der Waals surface area (Å²) in [5.74, 6) is 0.0701. The number of benzene rings is 1. The number of halogens is 1. The maximum atomic E-state index is 14.2. The van der Waals surface area contributed by atoms with Crippen molar-refractivity contribution in [3.05, 3.63) is 76.5 Å². The Hall–Kier alpha value is -3.68. The number of rotatable bonds is 9. The normalized spacial score (nSPS) is 13.5. The van der Waals surface area contributed by atoms with Gasteiger partial charge in [-0.2, -0.15) is 0 Å². The van der Waals surface area contributed by atoms with E-state index in [4.69, 9.17) is 9.72 Å². The first kappa shape index (κ1) is 23.5. The summed E-state index contributed by atoms with van der Waals surface area (Å²) in [5, 5.41) is 6.20. The van der Waals surface area contributed by atoms with Crippen LogP contribution in [0.25, 0.3) is 0 Å². The number of amides is 1. The van der Waals surface area contributed by atoms with Gasteiger partial charge in [0.1, 0.15) is 17.3 Å². The molecular weight excluding hydrogens is 435 g/mol. The lowest BCUT2D eigenvalue weighted by Gasteiger charge is -2.18. The lowest BCUT2D eigenvalue weighted by atomic mass is 10.0. The lowest BCUT2D eigenvalue weighted by Crippen LogP contribution is -2.30. The van der Waals surface area contributed by atoms with E-state index in [0.717, 1.165) is 49.3 Å². The maximum absolute atomic E-state index is 14.2. The Balaban J connectivity index is 1.41. The van der Waals surface area contributed by atoms with Gasteiger partial charge in [0.25, 0.3) is 5.91 Å². The Labute approximate surface area is 198 Å². The van der Waals surface area contributed by atoms with Crippen LogP contribution in [-0.2, 0) is 24.1 Å². The first-order valence-electron chi connectivity index (χ1n) is 11.5. The third kappa shape index (κ3) is 5.62. The van der Waals surface area contributed by atoms with Gasteiger partial charge in [0.2, 0.25) is 0 Å². The molecule has 0 bridgehead atoms. The fourth-order valence-electron chi connectivity index (χ4n) is 4.17. The van der Waals surface area contributed by atoms with Crippen molar-refractivity contribution in [1.82, 2.24) is 15.3 Å². The second kappa shape index (κ2) is 10.5.